The zero-order valence-electron chi connectivity index (χ0n) is 8.39. The minimum absolute atomic E-state index is 0. The van der Waals surface area contributed by atoms with Crippen LogP contribution >= 0.6 is 0 Å². The molecule has 0 radical (unpaired) electrons. The Hall–Kier alpha value is 0.766. The minimum Gasteiger partial charge on any atom is -1.00 e. The molecule has 5 heteroatoms. The average Bonchev–Trinajstić information content (AvgIpc) is 1.79. The maximum Gasteiger partial charge on any atom is 2.00 e. The van der Waals surface area contributed by atoms with Crippen LogP contribution in [0.15, 0.2) is 0 Å². The smallest absolute Gasteiger partial charge is 1.00 e. The van der Waals surface area contributed by atoms with Gasteiger partial charge in [0, 0.05) is 0 Å². The molecule has 0 bridgehead atoms. The van der Waals surface area contributed by atoms with Gasteiger partial charge in [0.05, 0.1) is 0 Å². The first kappa shape index (κ1) is 19.4. The Morgan fingerprint density at radius 2 is 2.00 bits per heavy atom. The fourth-order valence-corrected chi connectivity index (χ4v) is 0.463. The summed E-state index contributed by atoms with van der Waals surface area (Å²) >= 11 is 0. The molecule has 13 heavy (non-hydrogen) atoms. The summed E-state index contributed by atoms with van der Waals surface area (Å²) in [5.41, 5.74) is -0.431. The summed E-state index contributed by atoms with van der Waals surface area (Å²) in [6.07, 6.45) is 0.125. The van der Waals surface area contributed by atoms with E-state index in [2.05, 4.69) is 12.2 Å². The first-order valence-corrected chi connectivity index (χ1v) is 3.56. The number of nitrogens with one attached hydrogen (secondary N) is 1. The van der Waals surface area contributed by atoms with Gasteiger partial charge in [-0.2, -0.15) is 0 Å². The Morgan fingerprint density at radius 3 is 2.31 bits per heavy atom. The number of carbonyl (C=O) groups excluding carboxylic acids is 1. The summed E-state index contributed by atoms with van der Waals surface area (Å²) in [5, 5.41) is 2.44. The molecule has 0 atom stereocenters. The number of halogens is 1. The van der Waals surface area contributed by atoms with Crippen molar-refractivity contribution in [2.75, 3.05) is 0 Å². The van der Waals surface area contributed by atoms with Crippen LogP contribution in [0.5, 0.6) is 0 Å². The molecule has 0 aromatic carbocycles. The van der Waals surface area contributed by atoms with Crippen LogP contribution in [0.2, 0.25) is 0 Å². The predicted molar refractivity (Wildman–Crippen MR) is 49.4 cm³/mol. The molecule has 74 valence electrons. The fourth-order valence-electron chi connectivity index (χ4n) is 0.463. The third-order valence-corrected chi connectivity index (χ3v) is 0.763. The van der Waals surface area contributed by atoms with Gasteiger partial charge in [-0.15, -0.1) is 0 Å². The van der Waals surface area contributed by atoms with Gasteiger partial charge in [-0.1, -0.05) is 0 Å². The van der Waals surface area contributed by atoms with Crippen LogP contribution in [0, 0.1) is 13.5 Å². The van der Waals surface area contributed by atoms with Crippen molar-refractivity contribution in [3.63, 3.8) is 0 Å². The van der Waals surface area contributed by atoms with E-state index in [1.54, 1.807) is 6.54 Å². The quantitative estimate of drug-likeness (QED) is 0.384. The van der Waals surface area contributed by atoms with Crippen molar-refractivity contribution in [3.05, 3.63) is 13.5 Å². The van der Waals surface area contributed by atoms with Gasteiger partial charge in [0.1, 0.15) is 5.60 Å². The third kappa shape index (κ3) is 15.5. The molecule has 3 nitrogen and oxygen atoms in total. The summed E-state index contributed by atoms with van der Waals surface area (Å²) in [5.74, 6) is 0. The van der Waals surface area contributed by atoms with E-state index in [0.29, 0.717) is 6.42 Å². The van der Waals surface area contributed by atoms with Gasteiger partial charge in [-0.3, -0.25) is 13.0 Å². The van der Waals surface area contributed by atoms with Gasteiger partial charge in [0.25, 0.3) is 0 Å². The molecule has 0 aliphatic rings. The second-order valence-corrected chi connectivity index (χ2v) is 3.14. The molecule has 0 saturated heterocycles. The predicted octanol–water partition coefficient (Wildman–Crippen LogP) is -1.48. The molecule has 0 saturated carbocycles. The Bertz CT molecular complexity index is 137. The molecule has 0 aliphatic carbocycles. The van der Waals surface area contributed by atoms with E-state index < -0.39 is 11.7 Å². The number of rotatable bonds is 2. The van der Waals surface area contributed by atoms with E-state index in [1.807, 2.05) is 20.8 Å². The molecule has 1 N–H and O–H groups in total. The molecule has 0 fully saturated rings. The van der Waals surface area contributed by atoms with Gasteiger partial charge < -0.3 is 41.0 Å². The van der Waals surface area contributed by atoms with Crippen molar-refractivity contribution in [3.8, 4) is 0 Å². The van der Waals surface area contributed by atoms with Crippen LogP contribution in [0.1, 0.15) is 27.2 Å². The second kappa shape index (κ2) is 9.33. The Labute approximate surface area is 114 Å². The van der Waals surface area contributed by atoms with Crippen molar-refractivity contribution < 1.29 is 33.5 Å². The van der Waals surface area contributed by atoms with Gasteiger partial charge in [-0.25, -0.2) is 4.79 Å². The molecular weight excluding hydrogens is 293 g/mol. The van der Waals surface area contributed by atoms with E-state index in [-0.39, 0.29) is 47.0 Å². The van der Waals surface area contributed by atoms with E-state index in [4.69, 9.17) is 4.74 Å². The normalized spacial score (nSPS) is 9.23. The van der Waals surface area contributed by atoms with Crippen molar-refractivity contribution in [2.45, 2.75) is 32.8 Å². The first-order valence-electron chi connectivity index (χ1n) is 3.56. The van der Waals surface area contributed by atoms with Gasteiger partial charge in [-0.05, 0) is 20.8 Å². The zero-order chi connectivity index (χ0) is 8.91. The summed E-state index contributed by atoms with van der Waals surface area (Å²) in [7, 11) is 0. The van der Waals surface area contributed by atoms with Crippen molar-refractivity contribution in [1.82, 2.24) is 5.32 Å². The molecule has 0 rings (SSSR count). The summed E-state index contributed by atoms with van der Waals surface area (Å²) in [6.45, 7) is 10.5. The Kier molecular flexibility index (Phi) is 13.9. The second-order valence-electron chi connectivity index (χ2n) is 3.14. The van der Waals surface area contributed by atoms with Gasteiger partial charge >= 0.3 is 29.1 Å². The summed E-state index contributed by atoms with van der Waals surface area (Å²) in [6, 6.07) is 0. The van der Waals surface area contributed by atoms with E-state index in [0.717, 1.165) is 0 Å². The number of ether oxygens (including phenoxy) is 1. The standard InChI is InChI=1S/C8H15NO2.HI.Mg/c1-5-6-9-7(10)11-8(2,3)4;;/h6H,1,5H2,2-4H3,(H,9,10);1H;/q-2;;+2/p-1. The molecule has 0 aromatic rings. The van der Waals surface area contributed by atoms with Crippen LogP contribution in [0.3, 0.4) is 0 Å². The fraction of sp³-hybridized carbons (Fsp3) is 0.625. The molecule has 0 aromatic heterocycles. The summed E-state index contributed by atoms with van der Waals surface area (Å²) in [4.78, 5) is 10.8. The van der Waals surface area contributed by atoms with Crippen LogP contribution in [-0.2, 0) is 4.74 Å². The van der Waals surface area contributed by atoms with E-state index >= 15 is 0 Å². The number of hydrogen-bond acceptors (Lipinski definition) is 2. The maximum atomic E-state index is 10.8. The number of alkyl carbamates (subject to hydrolysis) is 1. The van der Waals surface area contributed by atoms with Crippen molar-refractivity contribution in [1.29, 1.82) is 0 Å². The van der Waals surface area contributed by atoms with Crippen LogP contribution in [-0.4, -0.2) is 34.7 Å². The molecule has 1 amide bonds. The van der Waals surface area contributed by atoms with Gasteiger partial charge in [0.2, 0.25) is 0 Å². The molecule has 0 heterocycles. The third-order valence-electron chi connectivity index (χ3n) is 0.763. The van der Waals surface area contributed by atoms with Gasteiger partial charge in [0.15, 0.2) is 0 Å². The van der Waals surface area contributed by atoms with Crippen LogP contribution < -0.4 is 29.3 Å². The SMILES string of the molecule is [CH2-]C[CH-]NC(=O)OC(C)(C)C.[I-].[Mg+2]. The van der Waals surface area contributed by atoms with E-state index in [1.165, 1.54) is 0 Å². The Morgan fingerprint density at radius 1 is 1.54 bits per heavy atom. The summed E-state index contributed by atoms with van der Waals surface area (Å²) < 4.78 is 4.93. The monoisotopic (exact) mass is 308 g/mol. The topological polar surface area (TPSA) is 38.3 Å². The van der Waals surface area contributed by atoms with Crippen molar-refractivity contribution in [2.24, 2.45) is 0 Å². The molecule has 0 aliphatic heterocycles. The molecule has 0 spiro atoms. The number of hydrogen-bond donors (Lipinski definition) is 1. The van der Waals surface area contributed by atoms with Crippen LogP contribution in [0.25, 0.3) is 0 Å². The minimum atomic E-state index is -0.431. The van der Waals surface area contributed by atoms with Crippen molar-refractivity contribution >= 4 is 29.1 Å². The number of amides is 1. The maximum absolute atomic E-state index is 10.8. The van der Waals surface area contributed by atoms with E-state index in [9.17, 15) is 4.79 Å². The van der Waals surface area contributed by atoms with Crippen LogP contribution in [0.4, 0.5) is 4.79 Å². The number of carbonyl (C=O) groups is 1. The molecular formula is C8H15IMgNO2-. The Balaban J connectivity index is -0.000000500. The molecule has 0 unspecified atom stereocenters. The largest absolute Gasteiger partial charge is 2.00 e. The first-order chi connectivity index (χ1) is 4.95. The average molecular weight is 308 g/mol. The zero-order valence-corrected chi connectivity index (χ0v) is 12.0.